The van der Waals surface area contributed by atoms with E-state index in [1.54, 1.807) is 90.7 Å². The molecule has 0 amide bonds. The van der Waals surface area contributed by atoms with Crippen LogP contribution in [0.4, 0.5) is 0 Å². The highest BCUT2D eigenvalue weighted by Gasteiger charge is 2.76. The summed E-state index contributed by atoms with van der Waals surface area (Å²) in [5.74, 6) is 17.9. The van der Waals surface area contributed by atoms with Crippen LogP contribution < -0.4 is 0 Å². The highest BCUT2D eigenvalue weighted by molar-refractivity contribution is 6.01. The average molecular weight is 937 g/mol. The summed E-state index contributed by atoms with van der Waals surface area (Å²) in [6, 6.07) is 28.1. The third-order valence-electron chi connectivity index (χ3n) is 27.3. The van der Waals surface area contributed by atoms with Crippen LogP contribution >= 0.6 is 0 Å². The predicted molar refractivity (Wildman–Crippen MR) is 291 cm³/mol. The largest absolute Gasteiger partial charge is 0.0625 e. The van der Waals surface area contributed by atoms with Gasteiger partial charge in [0.25, 0.3) is 0 Å². The topological polar surface area (TPSA) is 0 Å². The normalized spacial score (nSPS) is 46.8. The first kappa shape index (κ1) is 42.1. The van der Waals surface area contributed by atoms with Gasteiger partial charge in [0, 0.05) is 10.8 Å². The predicted octanol–water partition coefficient (Wildman–Crippen LogP) is 18.4. The van der Waals surface area contributed by atoms with E-state index in [4.69, 9.17) is 0 Å². The maximum atomic E-state index is 2.92. The van der Waals surface area contributed by atoms with E-state index in [2.05, 4.69) is 102 Å². The minimum absolute atomic E-state index is 0.0264. The Morgan fingerprint density at radius 3 is 1.32 bits per heavy atom. The molecule has 20 rings (SSSR count). The molecule has 1 spiro atoms. The zero-order valence-electron chi connectivity index (χ0n) is 44.5. The van der Waals surface area contributed by atoms with Gasteiger partial charge in [0.2, 0.25) is 0 Å². The Morgan fingerprint density at radius 1 is 0.352 bits per heavy atom. The standard InChI is InChI=1S/C71H84/c1-35-11-37-13-36(2)63(44(12-35)16-37)49-26-56(67-55-10-8-43(29-59(55)70(5,6)60(67)30-49)66-51-25-52-32-53-33-62(66)71(52,53)34-51)57-27-50(65-47-21-40-15-41(23-47)24-48(65)22-40)31-61-68(57)54-9-7-42(28-58(54)69(61,3)4)64-45-17-38-14-39(19-45)20-46(64)18-38/h7-10,26-31,35-41,44-48,51-53,62-66H,11-25,32-34H2,1-6H3. The molecular formula is C71H84. The van der Waals surface area contributed by atoms with Gasteiger partial charge in [-0.05, 0) is 317 Å². The first-order valence-electron chi connectivity index (χ1n) is 31.0. The molecule has 0 saturated heterocycles. The van der Waals surface area contributed by atoms with Gasteiger partial charge in [-0.1, -0.05) is 102 Å². The van der Waals surface area contributed by atoms with Gasteiger partial charge in [0.15, 0.2) is 0 Å². The zero-order valence-corrected chi connectivity index (χ0v) is 44.5. The molecule has 0 radical (unpaired) electrons. The monoisotopic (exact) mass is 937 g/mol. The van der Waals surface area contributed by atoms with Gasteiger partial charge in [-0.2, -0.15) is 0 Å². The Hall–Kier alpha value is -3.12. The smallest absolute Gasteiger partial charge is 0.0159 e. The third kappa shape index (κ3) is 5.33. The van der Waals surface area contributed by atoms with Crippen molar-refractivity contribution in [3.63, 3.8) is 0 Å². The highest BCUT2D eigenvalue weighted by atomic mass is 14.8. The van der Waals surface area contributed by atoms with E-state index in [1.165, 1.54) is 103 Å². The van der Waals surface area contributed by atoms with E-state index in [0.29, 0.717) is 5.92 Å². The fourth-order valence-corrected chi connectivity index (χ4v) is 25.5. The Kier molecular flexibility index (Phi) is 8.21. The van der Waals surface area contributed by atoms with Crippen LogP contribution in [0.25, 0.3) is 33.4 Å². The molecule has 0 N–H and O–H groups in total. The lowest BCUT2D eigenvalue weighted by atomic mass is 9.37. The van der Waals surface area contributed by atoms with Gasteiger partial charge in [-0.25, -0.2) is 0 Å². The Balaban J connectivity index is 0.853. The van der Waals surface area contributed by atoms with Crippen molar-refractivity contribution in [1.29, 1.82) is 0 Å². The summed E-state index contributed by atoms with van der Waals surface area (Å²) in [5, 5.41) is 0. The highest BCUT2D eigenvalue weighted by Crippen LogP contribution is 2.84. The molecule has 4 aromatic carbocycles. The second-order valence-electron chi connectivity index (χ2n) is 31.2. The maximum Gasteiger partial charge on any atom is 0.0159 e. The van der Waals surface area contributed by atoms with Gasteiger partial charge in [0.05, 0.1) is 0 Å². The molecule has 11 unspecified atom stereocenters. The molecule has 0 aromatic heterocycles. The summed E-state index contributed by atoms with van der Waals surface area (Å²) >= 11 is 0. The third-order valence-corrected chi connectivity index (χ3v) is 27.3. The summed E-state index contributed by atoms with van der Waals surface area (Å²) < 4.78 is 0. The summed E-state index contributed by atoms with van der Waals surface area (Å²) in [5.41, 5.74) is 23.8. The quantitative estimate of drug-likeness (QED) is 0.187. The molecule has 14 saturated carbocycles. The molecule has 368 valence electrons. The minimum Gasteiger partial charge on any atom is -0.0625 e. The maximum absolute atomic E-state index is 2.92. The fourth-order valence-electron chi connectivity index (χ4n) is 25.5. The van der Waals surface area contributed by atoms with Gasteiger partial charge >= 0.3 is 0 Å². The molecule has 0 heterocycles. The van der Waals surface area contributed by atoms with E-state index >= 15 is 0 Å². The van der Waals surface area contributed by atoms with Crippen molar-refractivity contribution >= 4 is 0 Å². The second-order valence-corrected chi connectivity index (χ2v) is 31.2. The number of hydrogen-bond donors (Lipinski definition) is 0. The van der Waals surface area contributed by atoms with Crippen LogP contribution in [0, 0.1) is 100 Å². The van der Waals surface area contributed by atoms with Crippen molar-refractivity contribution in [2.75, 3.05) is 0 Å². The van der Waals surface area contributed by atoms with Crippen LogP contribution in [0.1, 0.15) is 225 Å². The second kappa shape index (κ2) is 13.8. The zero-order chi connectivity index (χ0) is 46.9. The van der Waals surface area contributed by atoms with Crippen LogP contribution in [-0.4, -0.2) is 0 Å². The Morgan fingerprint density at radius 2 is 0.803 bits per heavy atom. The fraction of sp³-hybridized carbons (Fsp3) is 0.662. The summed E-state index contributed by atoms with van der Waals surface area (Å²) in [4.78, 5) is 0. The summed E-state index contributed by atoms with van der Waals surface area (Å²) in [7, 11) is 0. The lowest BCUT2D eigenvalue weighted by Gasteiger charge is -2.68. The molecule has 11 atom stereocenters. The minimum atomic E-state index is -0.0320. The number of hydrogen-bond acceptors (Lipinski definition) is 0. The SMILES string of the molecule is CC1CC2CC(C)C(c3cc(-c4cc(C5C6CC7CC(C6)CC5C7)cc5c4-c4ccc(C6C7CC8CC(C7)CC6C8)cc4C5(C)C)c4c(c3)C(C)(C)c3cc(C5C6CC7CC8CC5C78C6)ccc3-4)C(C1)C2. The summed E-state index contributed by atoms with van der Waals surface area (Å²) in [6.07, 6.45) is 27.0. The van der Waals surface area contributed by atoms with Crippen molar-refractivity contribution in [3.05, 3.63) is 105 Å². The van der Waals surface area contributed by atoms with Crippen LogP contribution in [0.15, 0.2) is 60.7 Å². The lowest BCUT2D eigenvalue weighted by Crippen LogP contribution is -2.60. The number of fused-ring (bicyclic) bond motifs is 9. The molecule has 12 bridgehead atoms. The van der Waals surface area contributed by atoms with Crippen LogP contribution in [0.3, 0.4) is 0 Å². The van der Waals surface area contributed by atoms with E-state index in [1.807, 2.05) is 0 Å². The average Bonchev–Trinajstić information content (AvgIpc) is 3.98. The van der Waals surface area contributed by atoms with Crippen LogP contribution in [0.5, 0.6) is 0 Å². The Labute approximate surface area is 428 Å². The summed E-state index contributed by atoms with van der Waals surface area (Å²) in [6.45, 7) is 15.9. The van der Waals surface area contributed by atoms with Gasteiger partial charge in [0.1, 0.15) is 0 Å². The molecule has 4 aromatic rings. The van der Waals surface area contributed by atoms with Crippen molar-refractivity contribution in [2.24, 2.45) is 100 Å². The molecule has 71 heavy (non-hydrogen) atoms. The van der Waals surface area contributed by atoms with Gasteiger partial charge < -0.3 is 0 Å². The molecular weight excluding hydrogens is 853 g/mol. The number of benzene rings is 4. The Bertz CT molecular complexity index is 2930. The van der Waals surface area contributed by atoms with E-state index in [9.17, 15) is 0 Å². The first-order chi connectivity index (χ1) is 34.3. The lowest BCUT2D eigenvalue weighted by molar-refractivity contribution is -0.181. The molecule has 16 aliphatic rings. The van der Waals surface area contributed by atoms with Gasteiger partial charge in [-0.15, -0.1) is 0 Å². The molecule has 14 fully saturated rings. The van der Waals surface area contributed by atoms with Crippen molar-refractivity contribution in [1.82, 2.24) is 0 Å². The van der Waals surface area contributed by atoms with Crippen molar-refractivity contribution < 1.29 is 0 Å². The van der Waals surface area contributed by atoms with E-state index in [-0.39, 0.29) is 10.8 Å². The molecule has 0 aliphatic heterocycles. The van der Waals surface area contributed by atoms with Crippen molar-refractivity contribution in [3.8, 4) is 33.4 Å². The van der Waals surface area contributed by atoms with Crippen molar-refractivity contribution in [2.45, 2.75) is 192 Å². The van der Waals surface area contributed by atoms with E-state index < -0.39 is 0 Å². The van der Waals surface area contributed by atoms with E-state index in [0.717, 1.165) is 118 Å². The van der Waals surface area contributed by atoms with Gasteiger partial charge in [-0.3, -0.25) is 0 Å². The first-order valence-corrected chi connectivity index (χ1v) is 31.0. The van der Waals surface area contributed by atoms with Crippen LogP contribution in [-0.2, 0) is 10.8 Å². The molecule has 16 aliphatic carbocycles. The molecule has 0 heteroatoms. The number of rotatable bonds is 5. The van der Waals surface area contributed by atoms with Crippen LogP contribution in [0.2, 0.25) is 0 Å². The molecule has 0 nitrogen and oxygen atoms in total.